The van der Waals surface area contributed by atoms with Crippen molar-refractivity contribution in [3.8, 4) is 0 Å². The third kappa shape index (κ3) is 5.46. The van der Waals surface area contributed by atoms with Crippen LogP contribution in [-0.4, -0.2) is 42.4 Å². The molecule has 0 bridgehead atoms. The summed E-state index contributed by atoms with van der Waals surface area (Å²) in [6.07, 6.45) is 3.20. The number of carboxylic acids is 1. The first kappa shape index (κ1) is 15.8. The molecule has 0 heterocycles. The number of aliphatic carboxylic acids is 1. The van der Waals surface area contributed by atoms with E-state index in [2.05, 4.69) is 10.6 Å². The Bertz CT molecular complexity index is 309. The Balaban J connectivity index is 2.35. The summed E-state index contributed by atoms with van der Waals surface area (Å²) >= 11 is 0. The van der Waals surface area contributed by atoms with E-state index in [1.165, 1.54) is 0 Å². The van der Waals surface area contributed by atoms with Crippen LogP contribution in [0.4, 0.5) is 4.79 Å². The highest BCUT2D eigenvalue weighted by atomic mass is 16.5. The lowest BCUT2D eigenvalue weighted by atomic mass is 9.84. The summed E-state index contributed by atoms with van der Waals surface area (Å²) in [6.45, 7) is 4.80. The summed E-state index contributed by atoms with van der Waals surface area (Å²) in [6, 6.07) is -0.585. The summed E-state index contributed by atoms with van der Waals surface area (Å²) in [5, 5.41) is 14.6. The number of ether oxygens (including phenoxy) is 1. The Hall–Kier alpha value is -1.30. The average Bonchev–Trinajstić information content (AvgIpc) is 2.37. The number of carbonyl (C=O) groups is 2. The monoisotopic (exact) mass is 272 g/mol. The number of rotatable bonds is 6. The van der Waals surface area contributed by atoms with Gasteiger partial charge in [0.05, 0.1) is 12.0 Å². The Morgan fingerprint density at radius 3 is 2.68 bits per heavy atom. The van der Waals surface area contributed by atoms with Crippen LogP contribution in [0.15, 0.2) is 0 Å². The van der Waals surface area contributed by atoms with Gasteiger partial charge in [-0.2, -0.15) is 0 Å². The van der Waals surface area contributed by atoms with Gasteiger partial charge < -0.3 is 20.5 Å². The highest BCUT2D eigenvalue weighted by molar-refractivity contribution is 5.76. The van der Waals surface area contributed by atoms with E-state index in [4.69, 9.17) is 9.84 Å². The van der Waals surface area contributed by atoms with Crippen molar-refractivity contribution in [1.82, 2.24) is 10.6 Å². The summed E-state index contributed by atoms with van der Waals surface area (Å²) in [5.41, 5.74) is 0. The molecular formula is C13H24N2O4. The van der Waals surface area contributed by atoms with Crippen molar-refractivity contribution in [1.29, 1.82) is 0 Å². The van der Waals surface area contributed by atoms with Crippen LogP contribution in [0.2, 0.25) is 0 Å². The molecule has 1 rings (SSSR count). The minimum absolute atomic E-state index is 0.0441. The van der Waals surface area contributed by atoms with E-state index in [-0.39, 0.29) is 18.2 Å². The van der Waals surface area contributed by atoms with E-state index in [1.807, 2.05) is 13.8 Å². The van der Waals surface area contributed by atoms with Gasteiger partial charge in [-0.1, -0.05) is 12.8 Å². The highest BCUT2D eigenvalue weighted by Crippen LogP contribution is 2.24. The standard InChI is InChI=1S/C13H24N2O4/c1-3-19-9(2)8-14-13(18)15-11-7-5-4-6-10(11)12(16)17/h9-11H,3-8H2,1-2H3,(H,16,17)(H2,14,15,18). The summed E-state index contributed by atoms with van der Waals surface area (Å²) in [4.78, 5) is 22.8. The molecule has 1 aliphatic carbocycles. The van der Waals surface area contributed by atoms with E-state index in [0.717, 1.165) is 19.3 Å². The Labute approximate surface area is 113 Å². The highest BCUT2D eigenvalue weighted by Gasteiger charge is 2.31. The van der Waals surface area contributed by atoms with Crippen LogP contribution in [0.25, 0.3) is 0 Å². The minimum atomic E-state index is -0.826. The molecule has 0 spiro atoms. The van der Waals surface area contributed by atoms with E-state index < -0.39 is 11.9 Å². The van der Waals surface area contributed by atoms with E-state index in [0.29, 0.717) is 19.6 Å². The SMILES string of the molecule is CCOC(C)CNC(=O)NC1CCCCC1C(=O)O. The van der Waals surface area contributed by atoms with Gasteiger partial charge in [0.1, 0.15) is 0 Å². The zero-order valence-electron chi connectivity index (χ0n) is 11.6. The predicted molar refractivity (Wildman–Crippen MR) is 71.0 cm³/mol. The molecule has 0 aromatic heterocycles. The van der Waals surface area contributed by atoms with Crippen molar-refractivity contribution < 1.29 is 19.4 Å². The molecule has 3 atom stereocenters. The third-order valence-electron chi connectivity index (χ3n) is 3.40. The van der Waals surface area contributed by atoms with E-state index in [9.17, 15) is 9.59 Å². The normalized spacial score (nSPS) is 24.5. The van der Waals surface area contributed by atoms with Gasteiger partial charge in [-0.25, -0.2) is 4.79 Å². The smallest absolute Gasteiger partial charge is 0.315 e. The minimum Gasteiger partial charge on any atom is -0.481 e. The summed E-state index contributed by atoms with van der Waals surface area (Å²) < 4.78 is 5.30. The fraction of sp³-hybridized carbons (Fsp3) is 0.846. The Morgan fingerprint density at radius 2 is 2.05 bits per heavy atom. The van der Waals surface area contributed by atoms with Crippen molar-refractivity contribution >= 4 is 12.0 Å². The van der Waals surface area contributed by atoms with Gasteiger partial charge in [0.25, 0.3) is 0 Å². The maximum Gasteiger partial charge on any atom is 0.315 e. The fourth-order valence-corrected chi connectivity index (χ4v) is 2.40. The van der Waals surface area contributed by atoms with Gasteiger partial charge in [-0.05, 0) is 26.7 Å². The topological polar surface area (TPSA) is 87.7 Å². The fourth-order valence-electron chi connectivity index (χ4n) is 2.40. The van der Waals surface area contributed by atoms with Crippen LogP contribution >= 0.6 is 0 Å². The first-order chi connectivity index (χ1) is 9.04. The molecule has 1 fully saturated rings. The molecule has 0 saturated heterocycles. The van der Waals surface area contributed by atoms with Crippen molar-refractivity contribution in [3.05, 3.63) is 0 Å². The lowest BCUT2D eigenvalue weighted by molar-refractivity contribution is -0.143. The van der Waals surface area contributed by atoms with Gasteiger partial charge >= 0.3 is 12.0 Å². The Morgan fingerprint density at radius 1 is 1.37 bits per heavy atom. The second-order valence-electron chi connectivity index (χ2n) is 4.96. The lowest BCUT2D eigenvalue weighted by Crippen LogP contribution is -2.49. The Kier molecular flexibility index (Phi) is 6.62. The largest absolute Gasteiger partial charge is 0.481 e. The van der Waals surface area contributed by atoms with Crippen molar-refractivity contribution in [2.45, 2.75) is 51.7 Å². The number of hydrogen-bond donors (Lipinski definition) is 3. The maximum absolute atomic E-state index is 11.7. The van der Waals surface area contributed by atoms with Crippen LogP contribution in [0.1, 0.15) is 39.5 Å². The van der Waals surface area contributed by atoms with Gasteiger partial charge in [0, 0.05) is 19.2 Å². The molecular weight excluding hydrogens is 248 g/mol. The molecule has 1 saturated carbocycles. The zero-order chi connectivity index (χ0) is 14.3. The van der Waals surface area contributed by atoms with Crippen LogP contribution in [-0.2, 0) is 9.53 Å². The third-order valence-corrected chi connectivity index (χ3v) is 3.40. The van der Waals surface area contributed by atoms with Crippen LogP contribution in [0, 0.1) is 5.92 Å². The second kappa shape index (κ2) is 7.99. The quantitative estimate of drug-likeness (QED) is 0.681. The molecule has 0 aliphatic heterocycles. The van der Waals surface area contributed by atoms with Crippen molar-refractivity contribution in [2.75, 3.05) is 13.2 Å². The van der Waals surface area contributed by atoms with Crippen molar-refractivity contribution in [3.63, 3.8) is 0 Å². The van der Waals surface area contributed by atoms with Crippen LogP contribution in [0.3, 0.4) is 0 Å². The molecule has 0 aromatic carbocycles. The van der Waals surface area contributed by atoms with Crippen LogP contribution in [0.5, 0.6) is 0 Å². The zero-order valence-corrected chi connectivity index (χ0v) is 11.6. The molecule has 0 aromatic rings. The number of carbonyl (C=O) groups excluding carboxylic acids is 1. The molecule has 1 aliphatic rings. The molecule has 6 heteroatoms. The summed E-state index contributed by atoms with van der Waals surface area (Å²) in [7, 11) is 0. The van der Waals surface area contributed by atoms with Gasteiger partial charge in [0.2, 0.25) is 0 Å². The first-order valence-electron chi connectivity index (χ1n) is 6.93. The van der Waals surface area contributed by atoms with Crippen molar-refractivity contribution in [2.24, 2.45) is 5.92 Å². The molecule has 110 valence electrons. The second-order valence-corrected chi connectivity index (χ2v) is 4.96. The summed E-state index contributed by atoms with van der Waals surface area (Å²) in [5.74, 6) is -1.29. The molecule has 0 radical (unpaired) electrons. The number of urea groups is 1. The molecule has 3 N–H and O–H groups in total. The predicted octanol–water partition coefficient (Wildman–Crippen LogP) is 1.35. The molecule has 6 nitrogen and oxygen atoms in total. The van der Waals surface area contributed by atoms with Crippen LogP contribution < -0.4 is 10.6 Å². The van der Waals surface area contributed by atoms with Gasteiger partial charge in [0.15, 0.2) is 0 Å². The molecule has 3 unspecified atom stereocenters. The number of nitrogens with one attached hydrogen (secondary N) is 2. The number of hydrogen-bond acceptors (Lipinski definition) is 3. The first-order valence-corrected chi connectivity index (χ1v) is 6.93. The molecule has 19 heavy (non-hydrogen) atoms. The number of carboxylic acid groups (broad SMARTS) is 1. The maximum atomic E-state index is 11.7. The molecule has 2 amide bonds. The van der Waals surface area contributed by atoms with Gasteiger partial charge in [-0.3, -0.25) is 4.79 Å². The lowest BCUT2D eigenvalue weighted by Gasteiger charge is -2.29. The van der Waals surface area contributed by atoms with E-state index in [1.54, 1.807) is 0 Å². The van der Waals surface area contributed by atoms with Gasteiger partial charge in [-0.15, -0.1) is 0 Å². The van der Waals surface area contributed by atoms with E-state index >= 15 is 0 Å². The average molecular weight is 272 g/mol. The number of amides is 2.